The van der Waals surface area contributed by atoms with E-state index in [4.69, 9.17) is 0 Å². The van der Waals surface area contributed by atoms with Gasteiger partial charge < -0.3 is 20.2 Å². The normalized spacial score (nSPS) is 16.6. The third-order valence-electron chi connectivity index (χ3n) is 4.71. The van der Waals surface area contributed by atoms with Crippen molar-refractivity contribution in [1.82, 2.24) is 9.97 Å². The minimum absolute atomic E-state index is 0.132. The van der Waals surface area contributed by atoms with Gasteiger partial charge in [-0.3, -0.25) is 9.59 Å². The predicted octanol–water partition coefficient (Wildman–Crippen LogP) is 1.95. The Hall–Kier alpha value is -2.50. The molecule has 0 aliphatic heterocycles. The second kappa shape index (κ2) is 5.30. The van der Waals surface area contributed by atoms with Crippen molar-refractivity contribution in [3.63, 3.8) is 0 Å². The highest BCUT2D eigenvalue weighted by atomic mass is 16.3. The minimum atomic E-state index is -0.962. The summed E-state index contributed by atoms with van der Waals surface area (Å²) in [6.45, 7) is 3.37. The first-order chi connectivity index (χ1) is 10.8. The van der Waals surface area contributed by atoms with Crippen molar-refractivity contribution in [2.45, 2.75) is 44.9 Å². The van der Waals surface area contributed by atoms with Gasteiger partial charge in [0.15, 0.2) is 0 Å². The lowest BCUT2D eigenvalue weighted by atomic mass is 9.73. The summed E-state index contributed by atoms with van der Waals surface area (Å²) in [6, 6.07) is 2.96. The first kappa shape index (κ1) is 15.4. The van der Waals surface area contributed by atoms with Crippen LogP contribution in [0, 0.1) is 13.8 Å². The van der Waals surface area contributed by atoms with E-state index in [2.05, 4.69) is 9.97 Å². The number of H-pyrrole nitrogens is 2. The number of hydrogen-bond acceptors (Lipinski definition) is 4. The smallest absolute Gasteiger partial charge is 0.255 e. The zero-order chi connectivity index (χ0) is 16.8. The minimum Gasteiger partial charge on any atom is -0.507 e. The van der Waals surface area contributed by atoms with Crippen LogP contribution in [0.4, 0.5) is 0 Å². The molecule has 0 aromatic carbocycles. The zero-order valence-electron chi connectivity index (χ0n) is 13.2. The molecule has 2 heterocycles. The van der Waals surface area contributed by atoms with Crippen LogP contribution in [0.25, 0.3) is 0 Å². The van der Waals surface area contributed by atoms with Crippen molar-refractivity contribution in [3.05, 3.63) is 55.4 Å². The number of nitrogens with one attached hydrogen (secondary N) is 2. The fourth-order valence-corrected chi connectivity index (χ4v) is 3.87. The maximum absolute atomic E-state index is 12.5. The maximum Gasteiger partial charge on any atom is 0.255 e. The second-order valence-corrected chi connectivity index (χ2v) is 6.37. The van der Waals surface area contributed by atoms with E-state index < -0.39 is 16.5 Å². The van der Waals surface area contributed by atoms with Gasteiger partial charge in [0.25, 0.3) is 11.1 Å². The summed E-state index contributed by atoms with van der Waals surface area (Å²) in [5.41, 5.74) is -0.350. The monoisotopic (exact) mass is 316 g/mol. The Morgan fingerprint density at radius 1 is 0.870 bits per heavy atom. The Kier molecular flexibility index (Phi) is 3.55. The van der Waals surface area contributed by atoms with Crippen LogP contribution in [0.15, 0.2) is 21.7 Å². The van der Waals surface area contributed by atoms with Crippen LogP contribution >= 0.6 is 0 Å². The number of aromatic nitrogens is 2. The summed E-state index contributed by atoms with van der Waals surface area (Å²) in [4.78, 5) is 30.4. The van der Waals surface area contributed by atoms with E-state index >= 15 is 0 Å². The summed E-state index contributed by atoms with van der Waals surface area (Å²) in [5.74, 6) is -0.264. The van der Waals surface area contributed by atoms with Gasteiger partial charge in [0.1, 0.15) is 11.5 Å². The SMILES string of the molecule is Cc1cc(O)c(C2(c3c(O)cc(C)[nH]c3=O)CCCC2)c(=O)[nH]1. The van der Waals surface area contributed by atoms with Crippen molar-refractivity contribution < 1.29 is 10.2 Å². The van der Waals surface area contributed by atoms with Crippen molar-refractivity contribution in [2.24, 2.45) is 0 Å². The lowest BCUT2D eigenvalue weighted by Gasteiger charge is -2.29. The molecule has 0 spiro atoms. The summed E-state index contributed by atoms with van der Waals surface area (Å²) < 4.78 is 0. The molecule has 1 fully saturated rings. The predicted molar refractivity (Wildman–Crippen MR) is 86.2 cm³/mol. The van der Waals surface area contributed by atoms with Crippen LogP contribution in [0.1, 0.15) is 48.2 Å². The van der Waals surface area contributed by atoms with Crippen molar-refractivity contribution >= 4 is 0 Å². The third kappa shape index (κ3) is 2.34. The molecule has 3 rings (SSSR count). The van der Waals surface area contributed by atoms with Crippen LogP contribution in [0.5, 0.6) is 11.5 Å². The fraction of sp³-hybridized carbons (Fsp3) is 0.412. The van der Waals surface area contributed by atoms with E-state index in [1.807, 2.05) is 0 Å². The molecule has 6 heteroatoms. The van der Waals surface area contributed by atoms with Gasteiger partial charge in [0.2, 0.25) is 0 Å². The van der Waals surface area contributed by atoms with Gasteiger partial charge in [0, 0.05) is 16.8 Å². The number of aromatic hydroxyl groups is 2. The van der Waals surface area contributed by atoms with Crippen LogP contribution in [0.2, 0.25) is 0 Å². The van der Waals surface area contributed by atoms with Crippen molar-refractivity contribution in [3.8, 4) is 11.5 Å². The lowest BCUT2D eigenvalue weighted by Crippen LogP contribution is -2.37. The number of rotatable bonds is 2. The van der Waals surface area contributed by atoms with Gasteiger partial charge in [-0.1, -0.05) is 12.8 Å². The molecule has 0 atom stereocenters. The van der Waals surface area contributed by atoms with Gasteiger partial charge >= 0.3 is 0 Å². The molecule has 0 radical (unpaired) electrons. The highest BCUT2D eigenvalue weighted by molar-refractivity contribution is 5.50. The van der Waals surface area contributed by atoms with E-state index in [0.29, 0.717) is 24.2 Å². The van der Waals surface area contributed by atoms with E-state index in [9.17, 15) is 19.8 Å². The molecule has 1 aliphatic carbocycles. The molecule has 6 nitrogen and oxygen atoms in total. The average molecular weight is 316 g/mol. The second-order valence-electron chi connectivity index (χ2n) is 6.37. The Balaban J connectivity index is 2.37. The highest BCUT2D eigenvalue weighted by Gasteiger charge is 2.45. The van der Waals surface area contributed by atoms with Crippen LogP contribution in [-0.4, -0.2) is 20.2 Å². The molecule has 23 heavy (non-hydrogen) atoms. The molecule has 0 amide bonds. The number of pyridine rings is 2. The third-order valence-corrected chi connectivity index (χ3v) is 4.71. The number of aryl methyl sites for hydroxylation is 2. The largest absolute Gasteiger partial charge is 0.507 e. The van der Waals surface area contributed by atoms with Crippen molar-refractivity contribution in [1.29, 1.82) is 0 Å². The van der Waals surface area contributed by atoms with Gasteiger partial charge in [-0.15, -0.1) is 0 Å². The molecule has 0 saturated heterocycles. The molecule has 0 unspecified atom stereocenters. The van der Waals surface area contributed by atoms with Gasteiger partial charge in [-0.2, -0.15) is 0 Å². The molecule has 1 saturated carbocycles. The lowest BCUT2D eigenvalue weighted by molar-refractivity contribution is 0.408. The number of hydrogen-bond donors (Lipinski definition) is 4. The summed E-state index contributed by atoms with van der Waals surface area (Å²) in [6.07, 6.45) is 2.71. The summed E-state index contributed by atoms with van der Waals surface area (Å²) in [7, 11) is 0. The van der Waals surface area contributed by atoms with Gasteiger partial charge in [-0.25, -0.2) is 0 Å². The van der Waals surface area contributed by atoms with Crippen LogP contribution < -0.4 is 11.1 Å². The Morgan fingerprint density at radius 3 is 1.61 bits per heavy atom. The molecular weight excluding hydrogens is 296 g/mol. The standard InChI is InChI=1S/C17H20N2O4/c1-9-7-11(20)13(15(22)18-9)17(5-3-4-6-17)14-12(21)8-10(2)19-16(14)23/h7-8H,3-6H2,1-2H3,(H2,18,20,22)(H2,19,21,23). The van der Waals surface area contributed by atoms with E-state index in [1.165, 1.54) is 12.1 Å². The topological polar surface area (TPSA) is 106 Å². The molecule has 2 aromatic heterocycles. The van der Waals surface area contributed by atoms with Crippen molar-refractivity contribution in [2.75, 3.05) is 0 Å². The fourth-order valence-electron chi connectivity index (χ4n) is 3.87. The molecular formula is C17H20N2O4. The van der Waals surface area contributed by atoms with Crippen LogP contribution in [0.3, 0.4) is 0 Å². The van der Waals surface area contributed by atoms with E-state index in [1.54, 1.807) is 13.8 Å². The van der Waals surface area contributed by atoms with Gasteiger partial charge in [0.05, 0.1) is 11.1 Å². The zero-order valence-corrected chi connectivity index (χ0v) is 13.2. The average Bonchev–Trinajstić information content (AvgIpc) is 2.85. The first-order valence-electron chi connectivity index (χ1n) is 7.72. The summed E-state index contributed by atoms with van der Waals surface area (Å²) >= 11 is 0. The Labute approximate surface area is 132 Å². The molecule has 122 valence electrons. The maximum atomic E-state index is 12.5. The molecule has 0 bridgehead atoms. The van der Waals surface area contributed by atoms with Gasteiger partial charge in [-0.05, 0) is 38.8 Å². The molecule has 4 N–H and O–H groups in total. The Bertz CT molecular complexity index is 806. The van der Waals surface area contributed by atoms with Crippen LogP contribution in [-0.2, 0) is 5.41 Å². The van der Waals surface area contributed by atoms with E-state index in [0.717, 1.165) is 12.8 Å². The number of aromatic amines is 2. The molecule has 2 aromatic rings. The molecule has 1 aliphatic rings. The van der Waals surface area contributed by atoms with E-state index in [-0.39, 0.29) is 22.6 Å². The Morgan fingerprint density at radius 2 is 1.26 bits per heavy atom. The quantitative estimate of drug-likeness (QED) is 0.679. The first-order valence-corrected chi connectivity index (χ1v) is 7.72. The summed E-state index contributed by atoms with van der Waals surface area (Å²) in [5, 5.41) is 20.8. The highest BCUT2D eigenvalue weighted by Crippen LogP contribution is 2.48.